The van der Waals surface area contributed by atoms with E-state index >= 15 is 0 Å². The fourth-order valence-electron chi connectivity index (χ4n) is 3.41. The van der Waals surface area contributed by atoms with Crippen LogP contribution in [-0.4, -0.2) is 41.1 Å². The molecule has 15 heavy (non-hydrogen) atoms. The molecule has 0 saturated carbocycles. The molecule has 1 aliphatic rings. The Morgan fingerprint density at radius 3 is 2.07 bits per heavy atom. The number of rotatable bonds is 3. The van der Waals surface area contributed by atoms with Crippen molar-refractivity contribution in [3.8, 4) is 0 Å². The SMILES string of the molecule is CCC1(C(C)C)N(C(C)C)C[C@H](C)N1C. The predicted molar refractivity (Wildman–Crippen MR) is 66.9 cm³/mol. The Balaban J connectivity index is 3.07. The summed E-state index contributed by atoms with van der Waals surface area (Å²) in [5.41, 5.74) is 0.271. The Kier molecular flexibility index (Phi) is 3.83. The van der Waals surface area contributed by atoms with Gasteiger partial charge in [-0.15, -0.1) is 0 Å². The maximum Gasteiger partial charge on any atom is 0.0761 e. The molecular formula is C13H28N2. The van der Waals surface area contributed by atoms with Gasteiger partial charge in [-0.2, -0.15) is 0 Å². The smallest absolute Gasteiger partial charge is 0.0761 e. The number of hydrogen-bond donors (Lipinski definition) is 0. The normalized spacial score (nSPS) is 34.6. The van der Waals surface area contributed by atoms with Gasteiger partial charge in [0.15, 0.2) is 0 Å². The molecule has 1 fully saturated rings. The number of hydrogen-bond acceptors (Lipinski definition) is 2. The van der Waals surface area contributed by atoms with Crippen molar-refractivity contribution in [2.45, 2.75) is 65.7 Å². The highest BCUT2D eigenvalue weighted by Gasteiger charge is 2.49. The summed E-state index contributed by atoms with van der Waals surface area (Å²) in [6.07, 6.45) is 1.21. The fourth-order valence-corrected chi connectivity index (χ4v) is 3.41. The maximum absolute atomic E-state index is 2.68. The highest BCUT2D eigenvalue weighted by Crippen LogP contribution is 2.39. The van der Waals surface area contributed by atoms with Gasteiger partial charge in [0.2, 0.25) is 0 Å². The van der Waals surface area contributed by atoms with Crippen LogP contribution >= 0.6 is 0 Å². The first-order valence-corrected chi connectivity index (χ1v) is 6.37. The van der Waals surface area contributed by atoms with Gasteiger partial charge in [-0.05, 0) is 40.2 Å². The molecule has 1 unspecified atom stereocenters. The van der Waals surface area contributed by atoms with Gasteiger partial charge in [-0.3, -0.25) is 9.80 Å². The summed E-state index contributed by atoms with van der Waals surface area (Å²) < 4.78 is 0. The van der Waals surface area contributed by atoms with E-state index in [0.29, 0.717) is 18.0 Å². The van der Waals surface area contributed by atoms with Gasteiger partial charge in [-0.1, -0.05) is 20.8 Å². The third-order valence-corrected chi connectivity index (χ3v) is 4.30. The van der Waals surface area contributed by atoms with Crippen molar-refractivity contribution in [3.63, 3.8) is 0 Å². The molecule has 0 N–H and O–H groups in total. The van der Waals surface area contributed by atoms with Crippen molar-refractivity contribution in [1.29, 1.82) is 0 Å². The molecule has 0 aromatic carbocycles. The Morgan fingerprint density at radius 1 is 1.27 bits per heavy atom. The summed E-state index contributed by atoms with van der Waals surface area (Å²) in [5.74, 6) is 0.680. The molecule has 0 spiro atoms. The van der Waals surface area contributed by atoms with Gasteiger partial charge in [0.25, 0.3) is 0 Å². The zero-order chi connectivity index (χ0) is 11.8. The topological polar surface area (TPSA) is 6.48 Å². The molecule has 0 aromatic rings. The quantitative estimate of drug-likeness (QED) is 0.710. The number of likely N-dealkylation sites (N-methyl/N-ethyl adjacent to an activating group) is 1. The Bertz CT molecular complexity index is 213. The van der Waals surface area contributed by atoms with Crippen LogP contribution in [0.2, 0.25) is 0 Å². The van der Waals surface area contributed by atoms with Crippen molar-refractivity contribution in [1.82, 2.24) is 9.80 Å². The molecule has 0 bridgehead atoms. The summed E-state index contributed by atoms with van der Waals surface area (Å²) in [7, 11) is 2.29. The van der Waals surface area contributed by atoms with Gasteiger partial charge >= 0.3 is 0 Å². The monoisotopic (exact) mass is 212 g/mol. The molecule has 2 nitrogen and oxygen atoms in total. The van der Waals surface area contributed by atoms with Gasteiger partial charge in [0, 0.05) is 18.6 Å². The standard InChI is InChI=1S/C13H28N2/c1-8-13(10(2)3)14(7)12(6)9-15(13)11(4)5/h10-12H,8-9H2,1-7H3/t12-,13?/m0/s1. The van der Waals surface area contributed by atoms with Crippen molar-refractivity contribution in [3.05, 3.63) is 0 Å². The molecular weight excluding hydrogens is 184 g/mol. The average molecular weight is 212 g/mol. The van der Waals surface area contributed by atoms with Crippen LogP contribution in [0, 0.1) is 5.92 Å². The first-order valence-electron chi connectivity index (χ1n) is 6.37. The van der Waals surface area contributed by atoms with Crippen LogP contribution in [0.15, 0.2) is 0 Å². The van der Waals surface area contributed by atoms with Crippen LogP contribution in [0.5, 0.6) is 0 Å². The molecule has 1 heterocycles. The van der Waals surface area contributed by atoms with Crippen molar-refractivity contribution in [2.24, 2.45) is 5.92 Å². The molecule has 0 aliphatic carbocycles. The lowest BCUT2D eigenvalue weighted by Gasteiger charge is -2.47. The van der Waals surface area contributed by atoms with Crippen LogP contribution in [0.4, 0.5) is 0 Å². The van der Waals surface area contributed by atoms with E-state index in [1.807, 2.05) is 0 Å². The molecule has 0 aromatic heterocycles. The highest BCUT2D eigenvalue weighted by atomic mass is 15.5. The summed E-state index contributed by atoms with van der Waals surface area (Å²) >= 11 is 0. The molecule has 0 amide bonds. The molecule has 90 valence electrons. The highest BCUT2D eigenvalue weighted by molar-refractivity contribution is 5.01. The van der Waals surface area contributed by atoms with Crippen LogP contribution in [-0.2, 0) is 0 Å². The van der Waals surface area contributed by atoms with Crippen molar-refractivity contribution >= 4 is 0 Å². The van der Waals surface area contributed by atoms with E-state index in [9.17, 15) is 0 Å². The third-order valence-electron chi connectivity index (χ3n) is 4.30. The van der Waals surface area contributed by atoms with Gasteiger partial charge in [0.05, 0.1) is 5.66 Å². The lowest BCUT2D eigenvalue weighted by Crippen LogP contribution is -2.58. The largest absolute Gasteiger partial charge is 0.284 e. The molecule has 2 heteroatoms. The Morgan fingerprint density at radius 2 is 1.80 bits per heavy atom. The van der Waals surface area contributed by atoms with E-state index in [1.165, 1.54) is 13.0 Å². The minimum Gasteiger partial charge on any atom is -0.284 e. The van der Waals surface area contributed by atoms with E-state index in [0.717, 1.165) is 0 Å². The molecule has 1 rings (SSSR count). The van der Waals surface area contributed by atoms with Crippen molar-refractivity contribution in [2.75, 3.05) is 13.6 Å². The zero-order valence-electron chi connectivity index (χ0n) is 11.5. The Labute approximate surface area is 95.6 Å². The Hall–Kier alpha value is -0.0800. The van der Waals surface area contributed by atoms with Gasteiger partial charge in [0.1, 0.15) is 0 Å². The minimum atomic E-state index is 0.271. The van der Waals surface area contributed by atoms with Gasteiger partial charge < -0.3 is 0 Å². The summed E-state index contributed by atoms with van der Waals surface area (Å²) in [5, 5.41) is 0. The van der Waals surface area contributed by atoms with E-state index in [-0.39, 0.29) is 5.66 Å². The van der Waals surface area contributed by atoms with E-state index in [1.54, 1.807) is 0 Å². The fraction of sp³-hybridized carbons (Fsp3) is 1.00. The first kappa shape index (κ1) is 13.0. The van der Waals surface area contributed by atoms with Gasteiger partial charge in [-0.25, -0.2) is 0 Å². The van der Waals surface area contributed by atoms with Crippen LogP contribution in [0.1, 0.15) is 48.0 Å². The average Bonchev–Trinajstić information content (AvgIpc) is 2.41. The maximum atomic E-state index is 2.68. The minimum absolute atomic E-state index is 0.271. The van der Waals surface area contributed by atoms with Crippen LogP contribution in [0.25, 0.3) is 0 Å². The van der Waals surface area contributed by atoms with Crippen LogP contribution < -0.4 is 0 Å². The molecule has 1 saturated heterocycles. The van der Waals surface area contributed by atoms with E-state index in [2.05, 4.69) is 58.4 Å². The molecule has 1 aliphatic heterocycles. The number of nitrogens with zero attached hydrogens (tertiary/aromatic N) is 2. The first-order chi connectivity index (χ1) is 6.87. The lowest BCUT2D eigenvalue weighted by atomic mass is 9.90. The second kappa shape index (κ2) is 4.42. The second-order valence-electron chi connectivity index (χ2n) is 5.59. The van der Waals surface area contributed by atoms with E-state index in [4.69, 9.17) is 0 Å². The molecule has 2 atom stereocenters. The summed E-state index contributed by atoms with van der Waals surface area (Å²) in [4.78, 5) is 5.26. The lowest BCUT2D eigenvalue weighted by molar-refractivity contribution is -0.0395. The zero-order valence-corrected chi connectivity index (χ0v) is 11.5. The van der Waals surface area contributed by atoms with E-state index < -0.39 is 0 Å². The van der Waals surface area contributed by atoms with Crippen molar-refractivity contribution < 1.29 is 0 Å². The second-order valence-corrected chi connectivity index (χ2v) is 5.59. The summed E-state index contributed by atoms with van der Waals surface area (Å²) in [6.45, 7) is 15.2. The predicted octanol–water partition coefficient (Wildman–Crippen LogP) is 2.79. The summed E-state index contributed by atoms with van der Waals surface area (Å²) in [6, 6.07) is 1.31. The molecule has 0 radical (unpaired) electrons. The van der Waals surface area contributed by atoms with Crippen LogP contribution in [0.3, 0.4) is 0 Å². The third kappa shape index (κ3) is 1.83.